The van der Waals surface area contributed by atoms with Gasteiger partial charge in [-0.25, -0.2) is 0 Å². The first kappa shape index (κ1) is 14.4. The van der Waals surface area contributed by atoms with Crippen molar-refractivity contribution in [2.75, 3.05) is 6.54 Å². The van der Waals surface area contributed by atoms with E-state index in [4.69, 9.17) is 4.42 Å². The van der Waals surface area contributed by atoms with Crippen LogP contribution in [0.5, 0.6) is 0 Å². The molecule has 0 saturated carbocycles. The van der Waals surface area contributed by atoms with Crippen molar-refractivity contribution in [2.24, 2.45) is 0 Å². The van der Waals surface area contributed by atoms with E-state index in [0.29, 0.717) is 17.9 Å². The van der Waals surface area contributed by atoms with Crippen molar-refractivity contribution in [3.05, 3.63) is 40.1 Å². The average Bonchev–Trinajstić information content (AvgIpc) is 2.90. The van der Waals surface area contributed by atoms with Crippen LogP contribution in [0, 0.1) is 27.7 Å². The van der Waals surface area contributed by atoms with Gasteiger partial charge in [-0.2, -0.15) is 5.10 Å². The summed E-state index contributed by atoms with van der Waals surface area (Å²) in [4.78, 5) is 12.1. The van der Waals surface area contributed by atoms with Crippen LogP contribution in [-0.2, 0) is 6.42 Å². The number of carbonyl (C=O) groups excluding carboxylic acids is 1. The number of carbonyl (C=O) groups is 1. The van der Waals surface area contributed by atoms with Crippen LogP contribution in [0.25, 0.3) is 0 Å². The minimum Gasteiger partial charge on any atom is -0.466 e. The molecule has 0 spiro atoms. The van der Waals surface area contributed by atoms with Crippen LogP contribution in [0.2, 0.25) is 0 Å². The molecule has 0 radical (unpaired) electrons. The van der Waals surface area contributed by atoms with E-state index in [1.165, 1.54) is 5.56 Å². The summed E-state index contributed by atoms with van der Waals surface area (Å²) in [6, 6.07) is 0. The number of nitrogens with one attached hydrogen (secondary N) is 2. The average molecular weight is 275 g/mol. The first-order chi connectivity index (χ1) is 9.50. The number of furan rings is 1. The van der Waals surface area contributed by atoms with Gasteiger partial charge >= 0.3 is 0 Å². The number of amides is 1. The Morgan fingerprint density at radius 1 is 1.30 bits per heavy atom. The zero-order valence-corrected chi connectivity index (χ0v) is 12.5. The summed E-state index contributed by atoms with van der Waals surface area (Å²) in [5, 5.41) is 9.84. The van der Waals surface area contributed by atoms with E-state index in [9.17, 15) is 4.79 Å². The molecule has 0 aliphatic carbocycles. The summed E-state index contributed by atoms with van der Waals surface area (Å²) in [5.41, 5.74) is 3.88. The molecule has 0 saturated heterocycles. The topological polar surface area (TPSA) is 70.9 Å². The largest absolute Gasteiger partial charge is 0.466 e. The third kappa shape index (κ3) is 2.92. The highest BCUT2D eigenvalue weighted by atomic mass is 16.3. The summed E-state index contributed by atoms with van der Waals surface area (Å²) < 4.78 is 5.47. The number of aromatic amines is 1. The van der Waals surface area contributed by atoms with Crippen LogP contribution in [0.4, 0.5) is 0 Å². The minimum atomic E-state index is -0.0548. The second-order valence-corrected chi connectivity index (χ2v) is 5.09. The molecule has 0 bridgehead atoms. The highest BCUT2D eigenvalue weighted by molar-refractivity contribution is 5.96. The summed E-state index contributed by atoms with van der Waals surface area (Å²) in [5.74, 6) is 1.44. The number of hydrogen-bond donors (Lipinski definition) is 2. The Hall–Kier alpha value is -2.04. The molecule has 0 aliphatic heterocycles. The normalized spacial score (nSPS) is 10.8. The van der Waals surface area contributed by atoms with Crippen LogP contribution < -0.4 is 5.32 Å². The first-order valence-electron chi connectivity index (χ1n) is 6.84. The van der Waals surface area contributed by atoms with Crippen molar-refractivity contribution in [1.82, 2.24) is 15.5 Å². The molecule has 0 atom stereocenters. The second kappa shape index (κ2) is 5.94. The van der Waals surface area contributed by atoms with E-state index in [1.54, 1.807) is 0 Å². The van der Waals surface area contributed by atoms with Gasteiger partial charge < -0.3 is 9.73 Å². The molecule has 5 heteroatoms. The van der Waals surface area contributed by atoms with Gasteiger partial charge in [0.2, 0.25) is 0 Å². The van der Waals surface area contributed by atoms with E-state index in [-0.39, 0.29) is 5.91 Å². The van der Waals surface area contributed by atoms with Gasteiger partial charge in [0.05, 0.1) is 11.8 Å². The van der Waals surface area contributed by atoms with Gasteiger partial charge in [0, 0.05) is 17.8 Å². The van der Waals surface area contributed by atoms with Crippen LogP contribution in [-0.4, -0.2) is 22.6 Å². The van der Waals surface area contributed by atoms with Crippen molar-refractivity contribution in [3.8, 4) is 0 Å². The lowest BCUT2D eigenvalue weighted by Gasteiger charge is -2.05. The van der Waals surface area contributed by atoms with Gasteiger partial charge in [0.15, 0.2) is 0 Å². The number of hydrogen-bond acceptors (Lipinski definition) is 3. The Morgan fingerprint density at radius 3 is 2.60 bits per heavy atom. The zero-order chi connectivity index (χ0) is 14.7. The van der Waals surface area contributed by atoms with E-state index in [2.05, 4.69) is 15.5 Å². The lowest BCUT2D eigenvalue weighted by molar-refractivity contribution is 0.0951. The Morgan fingerprint density at radius 2 is 2.05 bits per heavy atom. The summed E-state index contributed by atoms with van der Waals surface area (Å²) in [7, 11) is 0. The SMILES string of the molecule is Cc1[nH]ncc1CCCNC(=O)c1c(C)oc(C)c1C. The maximum Gasteiger partial charge on any atom is 0.255 e. The highest BCUT2D eigenvalue weighted by Gasteiger charge is 2.17. The molecule has 2 N–H and O–H groups in total. The molecule has 0 aliphatic rings. The summed E-state index contributed by atoms with van der Waals surface area (Å²) in [6.07, 6.45) is 3.64. The van der Waals surface area contributed by atoms with Crippen LogP contribution in [0.3, 0.4) is 0 Å². The molecule has 2 rings (SSSR count). The van der Waals surface area contributed by atoms with E-state index in [1.807, 2.05) is 33.9 Å². The molecule has 0 fully saturated rings. The Bertz CT molecular complexity index is 611. The molecular formula is C15H21N3O2. The van der Waals surface area contributed by atoms with Crippen molar-refractivity contribution < 1.29 is 9.21 Å². The first-order valence-corrected chi connectivity index (χ1v) is 6.84. The fourth-order valence-corrected chi connectivity index (χ4v) is 2.32. The highest BCUT2D eigenvalue weighted by Crippen LogP contribution is 2.20. The van der Waals surface area contributed by atoms with Crippen LogP contribution >= 0.6 is 0 Å². The van der Waals surface area contributed by atoms with Gasteiger partial charge in [-0.3, -0.25) is 9.89 Å². The molecule has 20 heavy (non-hydrogen) atoms. The van der Waals surface area contributed by atoms with Crippen LogP contribution in [0.15, 0.2) is 10.6 Å². The maximum atomic E-state index is 12.1. The molecule has 108 valence electrons. The standard InChI is InChI=1S/C15H21N3O2/c1-9-11(3)20-12(4)14(9)15(19)16-7-5-6-13-8-17-18-10(13)2/h8H,5-7H2,1-4H3,(H,16,19)(H,17,18). The number of H-pyrrole nitrogens is 1. The molecule has 0 unspecified atom stereocenters. The Balaban J connectivity index is 1.85. The van der Waals surface area contributed by atoms with Crippen molar-refractivity contribution >= 4 is 5.91 Å². The van der Waals surface area contributed by atoms with E-state index >= 15 is 0 Å². The minimum absolute atomic E-state index is 0.0548. The van der Waals surface area contributed by atoms with E-state index in [0.717, 1.165) is 29.9 Å². The van der Waals surface area contributed by atoms with Gasteiger partial charge in [-0.1, -0.05) is 0 Å². The number of nitrogens with zero attached hydrogens (tertiary/aromatic N) is 1. The Labute approximate surface area is 118 Å². The molecule has 2 aromatic heterocycles. The lowest BCUT2D eigenvalue weighted by atomic mass is 10.1. The molecule has 0 aromatic carbocycles. The fraction of sp³-hybridized carbons (Fsp3) is 0.467. The fourth-order valence-electron chi connectivity index (χ4n) is 2.32. The Kier molecular flexibility index (Phi) is 4.27. The summed E-state index contributed by atoms with van der Waals surface area (Å²) >= 11 is 0. The van der Waals surface area contributed by atoms with Crippen molar-refractivity contribution in [2.45, 2.75) is 40.5 Å². The number of aryl methyl sites for hydroxylation is 4. The van der Waals surface area contributed by atoms with Crippen molar-refractivity contribution in [1.29, 1.82) is 0 Å². The van der Waals surface area contributed by atoms with Gasteiger partial charge in [-0.15, -0.1) is 0 Å². The van der Waals surface area contributed by atoms with E-state index < -0.39 is 0 Å². The quantitative estimate of drug-likeness (QED) is 0.824. The smallest absolute Gasteiger partial charge is 0.255 e. The second-order valence-electron chi connectivity index (χ2n) is 5.09. The third-order valence-electron chi connectivity index (χ3n) is 3.63. The van der Waals surface area contributed by atoms with Gasteiger partial charge in [0.25, 0.3) is 5.91 Å². The van der Waals surface area contributed by atoms with Crippen LogP contribution in [0.1, 0.15) is 45.1 Å². The number of aromatic nitrogens is 2. The molecule has 2 aromatic rings. The third-order valence-corrected chi connectivity index (χ3v) is 3.63. The zero-order valence-electron chi connectivity index (χ0n) is 12.5. The lowest BCUT2D eigenvalue weighted by Crippen LogP contribution is -2.25. The molecule has 2 heterocycles. The molecule has 1 amide bonds. The molecular weight excluding hydrogens is 254 g/mol. The maximum absolute atomic E-state index is 12.1. The van der Waals surface area contributed by atoms with Crippen molar-refractivity contribution in [3.63, 3.8) is 0 Å². The monoisotopic (exact) mass is 275 g/mol. The predicted molar refractivity (Wildman–Crippen MR) is 76.9 cm³/mol. The molecule has 5 nitrogen and oxygen atoms in total. The number of rotatable bonds is 5. The summed E-state index contributed by atoms with van der Waals surface area (Å²) in [6.45, 7) is 8.26. The van der Waals surface area contributed by atoms with Gasteiger partial charge in [0.1, 0.15) is 11.5 Å². The predicted octanol–water partition coefficient (Wildman–Crippen LogP) is 2.60. The van der Waals surface area contributed by atoms with Gasteiger partial charge in [-0.05, 0) is 46.1 Å².